The number of rotatable bonds is 3. The third kappa shape index (κ3) is 2.83. The minimum atomic E-state index is -4.84. The summed E-state index contributed by atoms with van der Waals surface area (Å²) in [6.07, 6.45) is -4.14. The van der Waals surface area contributed by atoms with E-state index in [2.05, 4.69) is 0 Å². The van der Waals surface area contributed by atoms with Gasteiger partial charge in [0.05, 0.1) is 5.69 Å². The number of alkyl halides is 4. The highest BCUT2D eigenvalue weighted by Gasteiger charge is 2.48. The van der Waals surface area contributed by atoms with Gasteiger partial charge in [-0.05, 0) is 18.2 Å². The highest BCUT2D eigenvalue weighted by Crippen LogP contribution is 2.25. The molecule has 0 saturated carbocycles. The predicted molar refractivity (Wildman–Crippen MR) is 50.4 cm³/mol. The maximum absolute atomic E-state index is 12.9. The topological polar surface area (TPSA) is 55.1 Å². The summed E-state index contributed by atoms with van der Waals surface area (Å²) in [4.78, 5) is 10.8. The lowest BCUT2D eigenvalue weighted by atomic mass is 10.2. The summed E-state index contributed by atoms with van der Waals surface area (Å²) in [6.45, 7) is 0. The molecular weight excluding hydrogens is 247 g/mol. The van der Waals surface area contributed by atoms with Gasteiger partial charge in [-0.1, -0.05) is 0 Å². The molecule has 0 fully saturated rings. The molecule has 0 spiro atoms. The van der Waals surface area contributed by atoms with Crippen molar-refractivity contribution in [2.24, 2.45) is 0 Å². The Kier molecular flexibility index (Phi) is 3.54. The van der Waals surface area contributed by atoms with Crippen LogP contribution in [0.15, 0.2) is 18.2 Å². The molecule has 3 N–H and O–H groups in total. The minimum absolute atomic E-state index is 0.261. The van der Waals surface area contributed by atoms with E-state index >= 15 is 0 Å². The van der Waals surface area contributed by atoms with Crippen molar-refractivity contribution in [2.45, 2.75) is 12.3 Å². The van der Waals surface area contributed by atoms with Crippen LogP contribution in [0.5, 0.6) is 0 Å². The average molecular weight is 254 g/mol. The Hall–Kier alpha value is -1.86. The lowest BCUT2D eigenvalue weighted by Gasteiger charge is -2.14. The summed E-state index contributed by atoms with van der Waals surface area (Å²) in [5.74, 6) is -8.00. The molecule has 0 aromatic heterocycles. The number of carbonyl (C=O) groups excluding carboxylic acids is 1. The summed E-state index contributed by atoms with van der Waals surface area (Å²) in [6, 6.07) is 2.66. The second kappa shape index (κ2) is 4.56. The average Bonchev–Trinajstić information content (AvgIpc) is 2.23. The van der Waals surface area contributed by atoms with Gasteiger partial charge in [-0.2, -0.15) is 8.78 Å². The first kappa shape index (κ1) is 13.2. The summed E-state index contributed by atoms with van der Waals surface area (Å²) in [7, 11) is 0. The highest BCUT2D eigenvalue weighted by molar-refractivity contribution is 5.96. The van der Waals surface area contributed by atoms with E-state index in [4.69, 9.17) is 5.73 Å². The number of anilines is 2. The Morgan fingerprint density at radius 1 is 1.35 bits per heavy atom. The Morgan fingerprint density at radius 2 is 1.94 bits per heavy atom. The Morgan fingerprint density at radius 3 is 2.41 bits per heavy atom. The molecular formula is C9H7F5N2O. The number of benzene rings is 1. The van der Waals surface area contributed by atoms with Gasteiger partial charge in [-0.25, -0.2) is 13.2 Å². The van der Waals surface area contributed by atoms with Gasteiger partial charge in [0.25, 0.3) is 0 Å². The number of nitrogens with one attached hydrogen (secondary N) is 1. The molecule has 0 atom stereocenters. The second-order valence-corrected chi connectivity index (χ2v) is 3.11. The summed E-state index contributed by atoms with van der Waals surface area (Å²) in [5.41, 5.74) is 4.45. The quantitative estimate of drug-likeness (QED) is 0.642. The molecule has 8 heteroatoms. The van der Waals surface area contributed by atoms with Gasteiger partial charge in [-0.15, -0.1) is 0 Å². The molecule has 0 heterocycles. The zero-order valence-corrected chi connectivity index (χ0v) is 8.18. The van der Waals surface area contributed by atoms with Crippen LogP contribution in [0.3, 0.4) is 0 Å². The maximum Gasteiger partial charge on any atom is 0.383 e. The van der Waals surface area contributed by atoms with E-state index in [-0.39, 0.29) is 11.4 Å². The fourth-order valence-electron chi connectivity index (χ4n) is 0.918. The van der Waals surface area contributed by atoms with Crippen molar-refractivity contribution in [3.8, 4) is 0 Å². The third-order valence-electron chi connectivity index (χ3n) is 1.84. The second-order valence-electron chi connectivity index (χ2n) is 3.11. The zero-order valence-electron chi connectivity index (χ0n) is 8.18. The van der Waals surface area contributed by atoms with Crippen LogP contribution in [-0.2, 0) is 4.79 Å². The predicted octanol–water partition coefficient (Wildman–Crippen LogP) is 2.25. The van der Waals surface area contributed by atoms with Crippen LogP contribution in [-0.4, -0.2) is 18.3 Å². The van der Waals surface area contributed by atoms with E-state index in [1.165, 1.54) is 5.32 Å². The third-order valence-corrected chi connectivity index (χ3v) is 1.84. The van der Waals surface area contributed by atoms with Crippen LogP contribution in [0.2, 0.25) is 0 Å². The maximum atomic E-state index is 12.9. The van der Waals surface area contributed by atoms with Gasteiger partial charge in [-0.3, -0.25) is 4.79 Å². The van der Waals surface area contributed by atoms with Crippen LogP contribution in [0.25, 0.3) is 0 Å². The van der Waals surface area contributed by atoms with Crippen molar-refractivity contribution >= 4 is 17.3 Å². The molecule has 1 rings (SSSR count). The van der Waals surface area contributed by atoms with Crippen molar-refractivity contribution in [2.75, 3.05) is 11.1 Å². The first-order valence-electron chi connectivity index (χ1n) is 4.27. The number of nitrogens with two attached hydrogens (primary N) is 1. The molecule has 1 aromatic rings. The van der Waals surface area contributed by atoms with E-state index in [1.807, 2.05) is 0 Å². The lowest BCUT2D eigenvalue weighted by molar-refractivity contribution is -0.163. The molecule has 0 aliphatic heterocycles. The SMILES string of the molecule is Nc1ccc(NC(=O)C(F)(F)C(F)F)cc1F. The van der Waals surface area contributed by atoms with Crippen LogP contribution in [0.4, 0.5) is 33.3 Å². The molecule has 0 saturated heterocycles. The van der Waals surface area contributed by atoms with Crippen molar-refractivity contribution in [3.63, 3.8) is 0 Å². The van der Waals surface area contributed by atoms with E-state index < -0.39 is 24.1 Å². The molecule has 1 aromatic carbocycles. The zero-order chi connectivity index (χ0) is 13.2. The van der Waals surface area contributed by atoms with E-state index in [9.17, 15) is 26.7 Å². The minimum Gasteiger partial charge on any atom is -0.396 e. The fraction of sp³-hybridized carbons (Fsp3) is 0.222. The van der Waals surface area contributed by atoms with Gasteiger partial charge >= 0.3 is 18.3 Å². The molecule has 0 radical (unpaired) electrons. The van der Waals surface area contributed by atoms with Crippen molar-refractivity contribution in [3.05, 3.63) is 24.0 Å². The number of carbonyl (C=O) groups is 1. The molecule has 0 aliphatic carbocycles. The van der Waals surface area contributed by atoms with E-state index in [0.29, 0.717) is 6.07 Å². The van der Waals surface area contributed by atoms with Crippen LogP contribution in [0.1, 0.15) is 0 Å². The molecule has 1 amide bonds. The lowest BCUT2D eigenvalue weighted by Crippen LogP contribution is -2.41. The van der Waals surface area contributed by atoms with Crippen molar-refractivity contribution in [1.82, 2.24) is 0 Å². The Labute approximate surface area is 92.4 Å². The number of nitrogen functional groups attached to an aromatic ring is 1. The molecule has 94 valence electrons. The van der Waals surface area contributed by atoms with Gasteiger partial charge in [0.15, 0.2) is 0 Å². The number of halogens is 5. The normalized spacial score (nSPS) is 11.6. The Bertz CT molecular complexity index is 435. The van der Waals surface area contributed by atoms with E-state index in [0.717, 1.165) is 12.1 Å². The first-order valence-corrected chi connectivity index (χ1v) is 4.27. The summed E-state index contributed by atoms with van der Waals surface area (Å²) >= 11 is 0. The van der Waals surface area contributed by atoms with Gasteiger partial charge in [0.1, 0.15) is 5.82 Å². The van der Waals surface area contributed by atoms with Gasteiger partial charge in [0.2, 0.25) is 0 Å². The fourth-order valence-corrected chi connectivity index (χ4v) is 0.918. The first-order chi connectivity index (χ1) is 7.75. The van der Waals surface area contributed by atoms with Gasteiger partial charge in [0, 0.05) is 5.69 Å². The molecule has 3 nitrogen and oxygen atoms in total. The number of amides is 1. The number of hydrogen-bond donors (Lipinski definition) is 2. The van der Waals surface area contributed by atoms with E-state index in [1.54, 1.807) is 0 Å². The largest absolute Gasteiger partial charge is 0.396 e. The molecule has 17 heavy (non-hydrogen) atoms. The van der Waals surface area contributed by atoms with Crippen molar-refractivity contribution < 1.29 is 26.7 Å². The smallest absolute Gasteiger partial charge is 0.383 e. The van der Waals surface area contributed by atoms with Crippen LogP contribution >= 0.6 is 0 Å². The summed E-state index contributed by atoms with van der Waals surface area (Å²) < 4.78 is 61.5. The molecule has 0 aliphatic rings. The molecule has 0 bridgehead atoms. The highest BCUT2D eigenvalue weighted by atomic mass is 19.3. The van der Waals surface area contributed by atoms with Crippen LogP contribution < -0.4 is 11.1 Å². The van der Waals surface area contributed by atoms with Crippen LogP contribution in [0, 0.1) is 5.82 Å². The van der Waals surface area contributed by atoms with Crippen molar-refractivity contribution in [1.29, 1.82) is 0 Å². The summed E-state index contributed by atoms with van der Waals surface area (Å²) in [5, 5.41) is 1.47. The van der Waals surface area contributed by atoms with Gasteiger partial charge < -0.3 is 11.1 Å². The monoisotopic (exact) mass is 254 g/mol. The molecule has 0 unspecified atom stereocenters. The standard InChI is InChI=1S/C9H7F5N2O/c10-5-3-4(1-2-6(5)15)16-8(17)9(13,14)7(11)12/h1-3,7H,15H2,(H,16,17). The number of hydrogen-bond acceptors (Lipinski definition) is 2. The Balaban J connectivity index is 2.85.